The number of nitrogens with zero attached hydrogens (tertiary/aromatic N) is 4. The van der Waals surface area contributed by atoms with Gasteiger partial charge in [0.15, 0.2) is 23.3 Å². The Morgan fingerprint density at radius 3 is 2.21 bits per heavy atom. The Morgan fingerprint density at radius 2 is 1.48 bits per heavy atom. The molecule has 2 aliphatic carbocycles. The van der Waals surface area contributed by atoms with E-state index in [9.17, 15) is 8.78 Å². The van der Waals surface area contributed by atoms with Crippen molar-refractivity contribution in [3.05, 3.63) is 65.7 Å². The maximum Gasteiger partial charge on any atom is 0.197 e. The molecule has 0 radical (unpaired) electrons. The Hall–Kier alpha value is -2.96. The molecule has 1 aromatic carbocycles. The first kappa shape index (κ1) is 18.1. The molecule has 2 aromatic heterocycles. The summed E-state index contributed by atoms with van der Waals surface area (Å²) in [7, 11) is 0. The van der Waals surface area contributed by atoms with Gasteiger partial charge in [0.1, 0.15) is 0 Å². The maximum absolute atomic E-state index is 14.3. The fourth-order valence-electron chi connectivity index (χ4n) is 4.21. The number of aromatic nitrogens is 4. The molecule has 0 amide bonds. The second kappa shape index (κ2) is 7.46. The van der Waals surface area contributed by atoms with Crippen LogP contribution in [0.25, 0.3) is 11.6 Å². The Kier molecular flexibility index (Phi) is 4.66. The minimum Gasteiger partial charge on any atom is -0.380 e. The molecule has 0 spiro atoms. The Morgan fingerprint density at radius 1 is 0.828 bits per heavy atom. The van der Waals surface area contributed by atoms with Gasteiger partial charge in [0, 0.05) is 30.8 Å². The van der Waals surface area contributed by atoms with Gasteiger partial charge in [0.2, 0.25) is 0 Å². The van der Waals surface area contributed by atoms with E-state index in [-0.39, 0.29) is 23.6 Å². The summed E-state index contributed by atoms with van der Waals surface area (Å²) in [6.45, 7) is 0. The van der Waals surface area contributed by atoms with Crippen molar-refractivity contribution in [1.29, 1.82) is 0 Å². The fourth-order valence-corrected chi connectivity index (χ4v) is 4.21. The van der Waals surface area contributed by atoms with E-state index >= 15 is 0 Å². The third-order valence-electron chi connectivity index (χ3n) is 5.85. The van der Waals surface area contributed by atoms with Gasteiger partial charge in [-0.2, -0.15) is 0 Å². The van der Waals surface area contributed by atoms with Crippen molar-refractivity contribution in [3.63, 3.8) is 0 Å². The summed E-state index contributed by atoms with van der Waals surface area (Å²) in [6, 6.07) is 5.07. The van der Waals surface area contributed by atoms with Gasteiger partial charge >= 0.3 is 0 Å². The van der Waals surface area contributed by atoms with E-state index in [0.29, 0.717) is 11.6 Å². The second-order valence-electron chi connectivity index (χ2n) is 7.85. The number of nitrogens with one attached hydrogen (secondary N) is 1. The molecule has 2 aliphatic rings. The minimum atomic E-state index is -0.790. The lowest BCUT2D eigenvalue weighted by atomic mass is 10.0. The van der Waals surface area contributed by atoms with Crippen LogP contribution < -0.4 is 5.32 Å². The predicted molar refractivity (Wildman–Crippen MR) is 105 cm³/mol. The lowest BCUT2D eigenvalue weighted by molar-refractivity contribution is 0.508. The van der Waals surface area contributed by atoms with E-state index in [1.165, 1.54) is 6.07 Å². The molecule has 0 saturated heterocycles. The molecule has 148 valence electrons. The summed E-state index contributed by atoms with van der Waals surface area (Å²) in [4.78, 5) is 17.0. The van der Waals surface area contributed by atoms with Crippen molar-refractivity contribution in [2.75, 3.05) is 5.32 Å². The highest BCUT2D eigenvalue weighted by atomic mass is 19.2. The van der Waals surface area contributed by atoms with Gasteiger partial charge in [0.05, 0.1) is 5.69 Å². The van der Waals surface area contributed by atoms with Crippen molar-refractivity contribution in [1.82, 2.24) is 19.9 Å². The monoisotopic (exact) mass is 393 g/mol. The normalized spacial score (nSPS) is 21.3. The van der Waals surface area contributed by atoms with E-state index in [4.69, 9.17) is 0 Å². The quantitative estimate of drug-likeness (QED) is 0.672. The van der Waals surface area contributed by atoms with Crippen LogP contribution in [0.1, 0.15) is 55.1 Å². The van der Waals surface area contributed by atoms with Crippen LogP contribution in [-0.4, -0.2) is 26.0 Å². The Labute approximate surface area is 167 Å². The Bertz CT molecular complexity index is 1000. The molecule has 3 aromatic rings. The number of halogens is 2. The number of hydrogen-bond donors (Lipinski definition) is 1. The number of rotatable bonds is 5. The van der Waals surface area contributed by atoms with Crippen LogP contribution >= 0.6 is 0 Å². The molecule has 0 unspecified atom stereocenters. The zero-order valence-electron chi connectivity index (χ0n) is 15.9. The summed E-state index contributed by atoms with van der Waals surface area (Å²) < 4.78 is 28.5. The average Bonchev–Trinajstić information content (AvgIpc) is 3.40. The van der Waals surface area contributed by atoms with Gasteiger partial charge in [-0.05, 0) is 60.4 Å². The second-order valence-corrected chi connectivity index (χ2v) is 7.85. The standard InChI is InChI=1S/C22H21F2N5/c23-18-8-13(9-19(20(18)24)29-15-4-1-2-5-15)16-10-17(16)14-11-27-22(28-12-14)21-25-6-3-7-26-21/h3,6-9,11-12,15-17,29H,1-2,4-5,10H2/t16-,17-/m0/s1. The van der Waals surface area contributed by atoms with Crippen molar-refractivity contribution < 1.29 is 8.78 Å². The lowest BCUT2D eigenvalue weighted by Gasteiger charge is -2.16. The molecule has 2 atom stereocenters. The first-order chi connectivity index (χ1) is 14.2. The van der Waals surface area contributed by atoms with E-state index in [2.05, 4.69) is 25.3 Å². The maximum atomic E-state index is 14.3. The summed E-state index contributed by atoms with van der Waals surface area (Å²) in [5.74, 6) is -0.256. The summed E-state index contributed by atoms with van der Waals surface area (Å²) in [5.41, 5.74) is 2.10. The summed E-state index contributed by atoms with van der Waals surface area (Å²) in [5, 5.41) is 3.20. The predicted octanol–water partition coefficient (Wildman–Crippen LogP) is 4.84. The van der Waals surface area contributed by atoms with Crippen LogP contribution in [0.2, 0.25) is 0 Å². The molecule has 2 heterocycles. The van der Waals surface area contributed by atoms with Gasteiger partial charge in [-0.15, -0.1) is 0 Å². The molecule has 0 aliphatic heterocycles. The molecule has 0 bridgehead atoms. The van der Waals surface area contributed by atoms with Crippen LogP contribution in [0.3, 0.4) is 0 Å². The van der Waals surface area contributed by atoms with Gasteiger partial charge in [-0.3, -0.25) is 0 Å². The van der Waals surface area contributed by atoms with E-state index in [0.717, 1.165) is 43.2 Å². The molecule has 5 rings (SSSR count). The first-order valence-corrected chi connectivity index (χ1v) is 10.0. The summed E-state index contributed by atoms with van der Waals surface area (Å²) in [6.07, 6.45) is 12.0. The van der Waals surface area contributed by atoms with Crippen molar-refractivity contribution in [3.8, 4) is 11.6 Å². The zero-order valence-corrected chi connectivity index (χ0v) is 15.9. The molecular formula is C22H21F2N5. The lowest BCUT2D eigenvalue weighted by Crippen LogP contribution is -2.16. The van der Waals surface area contributed by atoms with Crippen LogP contribution in [0.15, 0.2) is 43.0 Å². The van der Waals surface area contributed by atoms with Gasteiger partial charge in [-0.1, -0.05) is 12.8 Å². The topological polar surface area (TPSA) is 63.6 Å². The molecular weight excluding hydrogens is 372 g/mol. The highest BCUT2D eigenvalue weighted by molar-refractivity contribution is 5.52. The smallest absolute Gasteiger partial charge is 0.197 e. The number of anilines is 1. The van der Waals surface area contributed by atoms with Crippen LogP contribution in [0, 0.1) is 11.6 Å². The van der Waals surface area contributed by atoms with E-state index in [1.807, 2.05) is 0 Å². The van der Waals surface area contributed by atoms with Crippen LogP contribution in [0.4, 0.5) is 14.5 Å². The molecule has 7 heteroatoms. The van der Waals surface area contributed by atoms with Gasteiger partial charge in [0.25, 0.3) is 0 Å². The van der Waals surface area contributed by atoms with Crippen LogP contribution in [-0.2, 0) is 0 Å². The average molecular weight is 393 g/mol. The molecule has 2 saturated carbocycles. The third kappa shape index (κ3) is 3.69. The molecule has 5 nitrogen and oxygen atoms in total. The molecule has 29 heavy (non-hydrogen) atoms. The van der Waals surface area contributed by atoms with Gasteiger partial charge < -0.3 is 5.32 Å². The zero-order chi connectivity index (χ0) is 19.8. The number of hydrogen-bond acceptors (Lipinski definition) is 5. The highest BCUT2D eigenvalue weighted by Gasteiger charge is 2.40. The third-order valence-corrected chi connectivity index (χ3v) is 5.85. The van der Waals surface area contributed by atoms with Crippen molar-refractivity contribution >= 4 is 5.69 Å². The van der Waals surface area contributed by atoms with E-state index < -0.39 is 11.6 Å². The van der Waals surface area contributed by atoms with Crippen molar-refractivity contribution in [2.45, 2.75) is 50.0 Å². The minimum absolute atomic E-state index is 0.150. The largest absolute Gasteiger partial charge is 0.380 e. The van der Waals surface area contributed by atoms with Gasteiger partial charge in [-0.25, -0.2) is 28.7 Å². The molecule has 1 N–H and O–H groups in total. The molecule has 2 fully saturated rings. The number of benzene rings is 1. The summed E-state index contributed by atoms with van der Waals surface area (Å²) >= 11 is 0. The van der Waals surface area contributed by atoms with Crippen molar-refractivity contribution in [2.24, 2.45) is 0 Å². The van der Waals surface area contributed by atoms with E-state index in [1.54, 1.807) is 36.9 Å². The van der Waals surface area contributed by atoms with Crippen LogP contribution in [0.5, 0.6) is 0 Å². The Balaban J connectivity index is 1.33. The first-order valence-electron chi connectivity index (χ1n) is 10.0. The highest BCUT2D eigenvalue weighted by Crippen LogP contribution is 2.55. The SMILES string of the molecule is Fc1cc([C@@H]2C[C@H]2c2cnc(-c3ncccn3)nc2)cc(NC2CCCC2)c1F. The fraction of sp³-hybridized carbons (Fsp3) is 0.364.